The number of hydrogen-bond donors (Lipinski definition) is 2. The molecule has 0 aliphatic carbocycles. The lowest BCUT2D eigenvalue weighted by atomic mass is 10.1. The highest BCUT2D eigenvalue weighted by Crippen LogP contribution is 2.27. The van der Waals surface area contributed by atoms with Crippen LogP contribution < -0.4 is 5.32 Å². The summed E-state index contributed by atoms with van der Waals surface area (Å²) in [5.41, 5.74) is 3.09. The lowest BCUT2D eigenvalue weighted by Gasteiger charge is -2.04. The Morgan fingerprint density at radius 3 is 2.77 bits per heavy atom. The third-order valence-electron chi connectivity index (χ3n) is 3.26. The number of benzene rings is 2. The molecule has 1 heterocycles. The van der Waals surface area contributed by atoms with Gasteiger partial charge in [0, 0.05) is 16.5 Å². The lowest BCUT2D eigenvalue weighted by molar-refractivity contribution is 0.102. The number of aromatic nitrogens is 1. The molecule has 0 saturated carbocycles. The molecular formula is C17H14N2O2S. The zero-order valence-electron chi connectivity index (χ0n) is 11.9. The summed E-state index contributed by atoms with van der Waals surface area (Å²) in [6.45, 7) is 1.90. The van der Waals surface area contributed by atoms with Gasteiger partial charge in [-0.25, -0.2) is 4.98 Å². The predicted octanol–water partition coefficient (Wildman–Crippen LogP) is 4.08. The molecule has 22 heavy (non-hydrogen) atoms. The van der Waals surface area contributed by atoms with E-state index >= 15 is 0 Å². The Bertz CT molecular complexity index is 827. The van der Waals surface area contributed by atoms with E-state index in [1.165, 1.54) is 11.3 Å². The number of rotatable bonds is 3. The highest BCUT2D eigenvalue weighted by atomic mass is 32.1. The molecule has 3 rings (SSSR count). The molecule has 0 bridgehead atoms. The number of anilines is 1. The SMILES string of the molecule is Cc1ccccc1C(=O)Nc1nc(-c2cccc(O)c2)cs1. The fraction of sp³-hybridized carbons (Fsp3) is 0.0588. The average Bonchev–Trinajstić information content (AvgIpc) is 2.96. The average molecular weight is 310 g/mol. The fourth-order valence-corrected chi connectivity index (χ4v) is 2.84. The smallest absolute Gasteiger partial charge is 0.257 e. The molecule has 2 N–H and O–H groups in total. The molecule has 0 aliphatic rings. The largest absolute Gasteiger partial charge is 0.508 e. The van der Waals surface area contributed by atoms with Gasteiger partial charge in [0.05, 0.1) is 5.69 Å². The highest BCUT2D eigenvalue weighted by molar-refractivity contribution is 7.14. The second kappa shape index (κ2) is 5.99. The van der Waals surface area contributed by atoms with Crippen LogP contribution in [0.4, 0.5) is 5.13 Å². The van der Waals surface area contributed by atoms with Gasteiger partial charge in [0.15, 0.2) is 5.13 Å². The van der Waals surface area contributed by atoms with Crippen LogP contribution in [0, 0.1) is 6.92 Å². The number of thiazole rings is 1. The topological polar surface area (TPSA) is 62.2 Å². The van der Waals surface area contributed by atoms with Crippen LogP contribution in [-0.4, -0.2) is 16.0 Å². The van der Waals surface area contributed by atoms with Crippen molar-refractivity contribution in [2.75, 3.05) is 5.32 Å². The minimum absolute atomic E-state index is 0.171. The number of nitrogens with one attached hydrogen (secondary N) is 1. The number of nitrogens with zero attached hydrogens (tertiary/aromatic N) is 1. The molecule has 4 nitrogen and oxygen atoms in total. The van der Waals surface area contributed by atoms with E-state index in [1.54, 1.807) is 24.3 Å². The van der Waals surface area contributed by atoms with E-state index in [1.807, 2.05) is 36.6 Å². The summed E-state index contributed by atoms with van der Waals surface area (Å²) in [7, 11) is 0. The van der Waals surface area contributed by atoms with E-state index in [2.05, 4.69) is 10.3 Å². The van der Waals surface area contributed by atoms with Gasteiger partial charge in [-0.05, 0) is 30.7 Å². The van der Waals surface area contributed by atoms with Crippen LogP contribution in [0.25, 0.3) is 11.3 Å². The van der Waals surface area contributed by atoms with Crippen LogP contribution in [0.5, 0.6) is 5.75 Å². The van der Waals surface area contributed by atoms with E-state index in [4.69, 9.17) is 0 Å². The maximum Gasteiger partial charge on any atom is 0.257 e. The number of aromatic hydroxyl groups is 1. The van der Waals surface area contributed by atoms with Crippen LogP contribution in [0.2, 0.25) is 0 Å². The second-order valence-corrected chi connectivity index (χ2v) is 5.72. The Morgan fingerprint density at radius 1 is 1.18 bits per heavy atom. The minimum atomic E-state index is -0.171. The standard InChI is InChI=1S/C17H14N2O2S/c1-11-5-2-3-8-14(11)16(21)19-17-18-15(10-22-17)12-6-4-7-13(20)9-12/h2-10,20H,1H3,(H,18,19,21). The normalized spacial score (nSPS) is 10.4. The fourth-order valence-electron chi connectivity index (χ4n) is 2.12. The van der Waals surface area contributed by atoms with E-state index in [-0.39, 0.29) is 11.7 Å². The summed E-state index contributed by atoms with van der Waals surface area (Å²) in [4.78, 5) is 16.6. The molecule has 0 fully saturated rings. The molecule has 2 aromatic carbocycles. The van der Waals surface area contributed by atoms with E-state index < -0.39 is 0 Å². The van der Waals surface area contributed by atoms with Gasteiger partial charge in [-0.15, -0.1) is 11.3 Å². The van der Waals surface area contributed by atoms with Gasteiger partial charge in [0.25, 0.3) is 5.91 Å². The van der Waals surface area contributed by atoms with Crippen molar-refractivity contribution in [3.05, 3.63) is 65.0 Å². The first kappa shape index (κ1) is 14.3. The van der Waals surface area contributed by atoms with Crippen molar-refractivity contribution in [3.8, 4) is 17.0 Å². The number of phenols is 1. The van der Waals surface area contributed by atoms with Gasteiger partial charge in [-0.1, -0.05) is 30.3 Å². The van der Waals surface area contributed by atoms with E-state index in [0.717, 1.165) is 16.8 Å². The number of amides is 1. The molecular weight excluding hydrogens is 296 g/mol. The molecule has 5 heteroatoms. The van der Waals surface area contributed by atoms with Crippen LogP contribution in [0.1, 0.15) is 15.9 Å². The number of carbonyl (C=O) groups is 1. The molecule has 1 amide bonds. The molecule has 1 aromatic heterocycles. The highest BCUT2D eigenvalue weighted by Gasteiger charge is 2.11. The maximum atomic E-state index is 12.3. The Morgan fingerprint density at radius 2 is 2.00 bits per heavy atom. The summed E-state index contributed by atoms with van der Waals surface area (Å²) >= 11 is 1.35. The Kier molecular flexibility index (Phi) is 3.89. The molecule has 0 saturated heterocycles. The van der Waals surface area contributed by atoms with E-state index in [9.17, 15) is 9.90 Å². The summed E-state index contributed by atoms with van der Waals surface area (Å²) in [5.74, 6) is 0.0194. The first-order chi connectivity index (χ1) is 10.6. The van der Waals surface area contributed by atoms with Gasteiger partial charge in [0.1, 0.15) is 5.75 Å². The van der Waals surface area contributed by atoms with Crippen molar-refractivity contribution < 1.29 is 9.90 Å². The van der Waals surface area contributed by atoms with Crippen LogP contribution >= 0.6 is 11.3 Å². The van der Waals surface area contributed by atoms with Crippen molar-refractivity contribution in [1.82, 2.24) is 4.98 Å². The van der Waals surface area contributed by atoms with Crippen molar-refractivity contribution in [2.24, 2.45) is 0 Å². The molecule has 3 aromatic rings. The van der Waals surface area contributed by atoms with Crippen molar-refractivity contribution in [3.63, 3.8) is 0 Å². The lowest BCUT2D eigenvalue weighted by Crippen LogP contribution is -2.12. The third kappa shape index (κ3) is 2.99. The zero-order chi connectivity index (χ0) is 15.5. The number of carbonyl (C=O) groups excluding carboxylic acids is 1. The van der Waals surface area contributed by atoms with Gasteiger partial charge in [-0.2, -0.15) is 0 Å². The minimum Gasteiger partial charge on any atom is -0.508 e. The molecule has 0 spiro atoms. The number of hydrogen-bond acceptors (Lipinski definition) is 4. The third-order valence-corrected chi connectivity index (χ3v) is 4.01. The first-order valence-electron chi connectivity index (χ1n) is 6.75. The summed E-state index contributed by atoms with van der Waals surface area (Å²) < 4.78 is 0. The van der Waals surface area contributed by atoms with Gasteiger partial charge in [0.2, 0.25) is 0 Å². The molecule has 0 unspecified atom stereocenters. The van der Waals surface area contributed by atoms with Crippen LogP contribution in [0.3, 0.4) is 0 Å². The number of aryl methyl sites for hydroxylation is 1. The zero-order valence-corrected chi connectivity index (χ0v) is 12.7. The van der Waals surface area contributed by atoms with E-state index in [0.29, 0.717) is 10.7 Å². The Hall–Kier alpha value is -2.66. The van der Waals surface area contributed by atoms with Crippen molar-refractivity contribution in [1.29, 1.82) is 0 Å². The quantitative estimate of drug-likeness (QED) is 0.766. The van der Waals surface area contributed by atoms with Crippen LogP contribution in [0.15, 0.2) is 53.9 Å². The van der Waals surface area contributed by atoms with Crippen LogP contribution in [-0.2, 0) is 0 Å². The van der Waals surface area contributed by atoms with Gasteiger partial charge < -0.3 is 5.11 Å². The summed E-state index contributed by atoms with van der Waals surface area (Å²) in [6, 6.07) is 14.3. The van der Waals surface area contributed by atoms with Crippen molar-refractivity contribution in [2.45, 2.75) is 6.92 Å². The Labute approximate surface area is 132 Å². The molecule has 0 aliphatic heterocycles. The predicted molar refractivity (Wildman–Crippen MR) is 88.3 cm³/mol. The van der Waals surface area contributed by atoms with Gasteiger partial charge >= 0.3 is 0 Å². The second-order valence-electron chi connectivity index (χ2n) is 4.86. The number of phenolic OH excluding ortho intramolecular Hbond substituents is 1. The molecule has 0 radical (unpaired) electrons. The summed E-state index contributed by atoms with van der Waals surface area (Å²) in [6.07, 6.45) is 0. The summed E-state index contributed by atoms with van der Waals surface area (Å²) in [5, 5.41) is 14.7. The monoisotopic (exact) mass is 310 g/mol. The van der Waals surface area contributed by atoms with Crippen molar-refractivity contribution >= 4 is 22.4 Å². The maximum absolute atomic E-state index is 12.3. The first-order valence-corrected chi connectivity index (χ1v) is 7.63. The molecule has 110 valence electrons. The van der Waals surface area contributed by atoms with Gasteiger partial charge in [-0.3, -0.25) is 10.1 Å². The molecule has 0 atom stereocenters. The Balaban J connectivity index is 1.80.